The van der Waals surface area contributed by atoms with E-state index in [1.165, 1.54) is 6.34 Å². The van der Waals surface area contributed by atoms with E-state index < -0.39 is 5.97 Å². The number of nitrogens with zero attached hydrogens (tertiary/aromatic N) is 2. The summed E-state index contributed by atoms with van der Waals surface area (Å²) >= 11 is 0. The summed E-state index contributed by atoms with van der Waals surface area (Å²) in [4.78, 5) is 16.1. The Balaban J connectivity index is 2.43. The Morgan fingerprint density at radius 3 is 2.80 bits per heavy atom. The van der Waals surface area contributed by atoms with Crippen LogP contribution in [-0.2, 0) is 4.79 Å². The molecule has 1 heterocycles. The van der Waals surface area contributed by atoms with E-state index in [-0.39, 0.29) is 6.54 Å². The molecule has 0 spiro atoms. The van der Waals surface area contributed by atoms with Gasteiger partial charge in [-0.25, -0.2) is 4.99 Å². The average Bonchev–Trinajstić information content (AvgIpc) is 2.38. The van der Waals surface area contributed by atoms with Gasteiger partial charge in [0.1, 0.15) is 6.54 Å². The molecule has 76 valence electrons. The number of hydrogen-bond donors (Lipinski definition) is 1. The largest absolute Gasteiger partial charge is 0.480 e. The van der Waals surface area contributed by atoms with Crippen molar-refractivity contribution in [1.29, 1.82) is 0 Å². The maximum absolute atomic E-state index is 10.6. The van der Waals surface area contributed by atoms with E-state index in [4.69, 9.17) is 5.11 Å². The van der Waals surface area contributed by atoms with Gasteiger partial charge in [-0.3, -0.25) is 4.79 Å². The third kappa shape index (κ3) is 2.22. The third-order valence-electron chi connectivity index (χ3n) is 2.05. The topological polar surface area (TPSA) is 52.9 Å². The van der Waals surface area contributed by atoms with Crippen molar-refractivity contribution in [2.45, 2.75) is 0 Å². The first-order chi connectivity index (χ1) is 7.25. The lowest BCUT2D eigenvalue weighted by molar-refractivity contribution is -0.136. The maximum atomic E-state index is 10.6. The van der Waals surface area contributed by atoms with Gasteiger partial charge in [0.25, 0.3) is 0 Å². The predicted molar refractivity (Wildman–Crippen MR) is 57.5 cm³/mol. The zero-order valence-corrected chi connectivity index (χ0v) is 8.00. The molecule has 2 rings (SSSR count). The molecule has 4 heteroatoms. The molecule has 0 saturated heterocycles. The number of carbonyl (C=O) groups is 1. The van der Waals surface area contributed by atoms with Crippen LogP contribution in [0.5, 0.6) is 0 Å². The lowest BCUT2D eigenvalue weighted by Gasteiger charge is -2.09. The number of carboxylic acids is 1. The summed E-state index contributed by atoms with van der Waals surface area (Å²) < 4.78 is 0. The highest BCUT2D eigenvalue weighted by molar-refractivity contribution is 5.76. The molecule has 0 saturated carbocycles. The quantitative estimate of drug-likeness (QED) is 0.709. The molecular formula is C11H10N2O2. The zero-order valence-electron chi connectivity index (χ0n) is 8.00. The Hall–Kier alpha value is -2.10. The minimum absolute atomic E-state index is 0.0777. The minimum Gasteiger partial charge on any atom is -0.480 e. The predicted octanol–water partition coefficient (Wildman–Crippen LogP) is -0.409. The van der Waals surface area contributed by atoms with E-state index in [2.05, 4.69) is 4.99 Å². The van der Waals surface area contributed by atoms with Gasteiger partial charge in [-0.2, -0.15) is 0 Å². The Labute approximate surface area is 86.5 Å². The molecule has 0 radical (unpaired) electrons. The van der Waals surface area contributed by atoms with E-state index in [1.807, 2.05) is 24.3 Å². The second kappa shape index (κ2) is 3.96. The summed E-state index contributed by atoms with van der Waals surface area (Å²) in [5, 5.41) is 10.6. The molecule has 0 bridgehead atoms. The van der Waals surface area contributed by atoms with Crippen LogP contribution < -0.4 is 10.4 Å². The van der Waals surface area contributed by atoms with Crippen LogP contribution in [0, 0.1) is 0 Å². The van der Waals surface area contributed by atoms with Crippen LogP contribution in [0.25, 0.3) is 12.4 Å². The van der Waals surface area contributed by atoms with Crippen molar-refractivity contribution in [3.63, 3.8) is 0 Å². The summed E-state index contributed by atoms with van der Waals surface area (Å²) in [5.74, 6) is -0.878. The van der Waals surface area contributed by atoms with Gasteiger partial charge < -0.3 is 10.0 Å². The Kier molecular flexibility index (Phi) is 2.49. The number of rotatable bonds is 2. The molecule has 1 aliphatic heterocycles. The highest BCUT2D eigenvalue weighted by Crippen LogP contribution is 1.88. The van der Waals surface area contributed by atoms with E-state index >= 15 is 0 Å². The van der Waals surface area contributed by atoms with Gasteiger partial charge in [0, 0.05) is 17.6 Å². The van der Waals surface area contributed by atoms with Gasteiger partial charge in [-0.15, -0.1) is 0 Å². The van der Waals surface area contributed by atoms with Gasteiger partial charge in [-0.1, -0.05) is 24.3 Å². The molecule has 1 N–H and O–H groups in total. The number of aliphatic imine (C=N–C) groups is 1. The summed E-state index contributed by atoms with van der Waals surface area (Å²) in [6, 6.07) is 7.70. The second-order valence-electron chi connectivity index (χ2n) is 3.22. The third-order valence-corrected chi connectivity index (χ3v) is 2.05. The number of aliphatic carboxylic acids is 1. The van der Waals surface area contributed by atoms with Gasteiger partial charge in [-0.05, 0) is 5.22 Å². The van der Waals surface area contributed by atoms with Gasteiger partial charge in [0.05, 0.1) is 6.34 Å². The van der Waals surface area contributed by atoms with E-state index in [1.54, 1.807) is 17.3 Å². The van der Waals surface area contributed by atoms with Crippen molar-refractivity contribution in [3.05, 3.63) is 34.7 Å². The first kappa shape index (κ1) is 9.45. The van der Waals surface area contributed by atoms with Gasteiger partial charge in [0.2, 0.25) is 0 Å². The molecule has 15 heavy (non-hydrogen) atoms. The van der Waals surface area contributed by atoms with Crippen LogP contribution in [0.2, 0.25) is 0 Å². The van der Waals surface area contributed by atoms with Gasteiger partial charge >= 0.3 is 5.97 Å². The maximum Gasteiger partial charge on any atom is 0.323 e. The molecule has 0 aliphatic carbocycles. The lowest BCUT2D eigenvalue weighted by Crippen LogP contribution is -2.29. The average molecular weight is 202 g/mol. The van der Waals surface area contributed by atoms with Crippen LogP contribution >= 0.6 is 0 Å². The highest BCUT2D eigenvalue weighted by Gasteiger charge is 2.03. The molecular weight excluding hydrogens is 192 g/mol. The highest BCUT2D eigenvalue weighted by atomic mass is 16.4. The molecule has 1 aromatic carbocycles. The summed E-state index contributed by atoms with van der Waals surface area (Å²) in [7, 11) is 0. The molecule has 1 aromatic rings. The zero-order chi connectivity index (χ0) is 10.7. The fraction of sp³-hybridized carbons (Fsp3) is 0.0909. The fourth-order valence-electron chi connectivity index (χ4n) is 1.40. The number of hydrogen-bond acceptors (Lipinski definition) is 3. The molecule has 1 aliphatic rings. The monoisotopic (exact) mass is 202 g/mol. The SMILES string of the molecule is O=C(O)CN1C=NC=c2ccccc2=C1. The molecule has 0 aromatic heterocycles. The minimum atomic E-state index is -0.878. The van der Waals surface area contributed by atoms with Crippen LogP contribution in [0.4, 0.5) is 0 Å². The Morgan fingerprint density at radius 1 is 1.33 bits per heavy atom. The van der Waals surface area contributed by atoms with E-state index in [0.29, 0.717) is 0 Å². The Morgan fingerprint density at radius 2 is 2.07 bits per heavy atom. The van der Waals surface area contributed by atoms with Crippen LogP contribution in [0.3, 0.4) is 0 Å². The second-order valence-corrected chi connectivity index (χ2v) is 3.22. The van der Waals surface area contributed by atoms with Crippen molar-refractivity contribution in [2.75, 3.05) is 6.54 Å². The summed E-state index contributed by atoms with van der Waals surface area (Å²) in [6.45, 7) is -0.0777. The number of benzene rings is 1. The lowest BCUT2D eigenvalue weighted by atomic mass is 10.2. The van der Waals surface area contributed by atoms with E-state index in [0.717, 1.165) is 10.4 Å². The van der Waals surface area contributed by atoms with Crippen molar-refractivity contribution >= 4 is 24.7 Å². The van der Waals surface area contributed by atoms with Crippen LogP contribution in [0.15, 0.2) is 29.3 Å². The number of carboxylic acid groups (broad SMARTS) is 1. The van der Waals surface area contributed by atoms with Crippen molar-refractivity contribution < 1.29 is 9.90 Å². The number of fused-ring (bicyclic) bond motifs is 1. The van der Waals surface area contributed by atoms with Crippen molar-refractivity contribution in [2.24, 2.45) is 4.99 Å². The standard InChI is InChI=1S/C11H10N2O2/c14-11(15)7-13-6-10-4-2-1-3-9(10)5-12-8-13/h1-6,8H,7H2,(H,14,15). The van der Waals surface area contributed by atoms with Gasteiger partial charge in [0.15, 0.2) is 0 Å². The normalized spacial score (nSPS) is 13.5. The van der Waals surface area contributed by atoms with Crippen molar-refractivity contribution in [1.82, 2.24) is 4.90 Å². The molecule has 0 amide bonds. The van der Waals surface area contributed by atoms with E-state index in [9.17, 15) is 4.79 Å². The van der Waals surface area contributed by atoms with Crippen LogP contribution in [-0.4, -0.2) is 28.9 Å². The van der Waals surface area contributed by atoms with Crippen LogP contribution in [0.1, 0.15) is 0 Å². The summed E-state index contributed by atoms with van der Waals surface area (Å²) in [5.41, 5.74) is 0. The smallest absolute Gasteiger partial charge is 0.323 e. The molecule has 4 nitrogen and oxygen atoms in total. The fourth-order valence-corrected chi connectivity index (χ4v) is 1.40. The summed E-state index contributed by atoms with van der Waals surface area (Å²) in [6.07, 6.45) is 5.00. The van der Waals surface area contributed by atoms with Crippen molar-refractivity contribution in [3.8, 4) is 0 Å². The Bertz CT molecular complexity index is 520. The first-order valence-electron chi connectivity index (χ1n) is 4.54. The first-order valence-corrected chi connectivity index (χ1v) is 4.54. The molecule has 0 atom stereocenters. The molecule has 0 fully saturated rings. The molecule has 0 unspecified atom stereocenters.